The summed E-state index contributed by atoms with van der Waals surface area (Å²) in [6.45, 7) is 1.41. The summed E-state index contributed by atoms with van der Waals surface area (Å²) >= 11 is 0. The molecule has 3 aromatic heterocycles. The predicted octanol–water partition coefficient (Wildman–Crippen LogP) is 3.38. The maximum absolute atomic E-state index is 5.39. The van der Waals surface area contributed by atoms with Gasteiger partial charge in [-0.2, -0.15) is 5.10 Å². The fourth-order valence-electron chi connectivity index (χ4n) is 3.14. The van der Waals surface area contributed by atoms with Crippen LogP contribution in [0.15, 0.2) is 42.9 Å². The van der Waals surface area contributed by atoms with Crippen LogP contribution < -0.4 is 5.32 Å². The third-order valence-electron chi connectivity index (χ3n) is 4.44. The zero-order chi connectivity index (χ0) is 16.6. The zero-order valence-electron chi connectivity index (χ0n) is 13.4. The van der Waals surface area contributed by atoms with Gasteiger partial charge in [-0.3, -0.25) is 5.10 Å². The molecule has 5 rings (SSSR count). The molecule has 0 amide bonds. The van der Waals surface area contributed by atoms with Crippen molar-refractivity contribution < 1.29 is 4.74 Å². The van der Waals surface area contributed by atoms with Crippen molar-refractivity contribution in [2.75, 3.05) is 18.5 Å². The largest absolute Gasteiger partial charge is 0.377 e. The lowest BCUT2D eigenvalue weighted by Crippen LogP contribution is -2.03. The van der Waals surface area contributed by atoms with Gasteiger partial charge in [0.2, 0.25) is 0 Å². The molecule has 0 aliphatic carbocycles. The van der Waals surface area contributed by atoms with Crippen LogP contribution in [0.2, 0.25) is 0 Å². The molecule has 0 saturated carbocycles. The number of nitrogens with one attached hydrogen (secondary N) is 3. The van der Waals surface area contributed by atoms with E-state index in [2.05, 4.69) is 42.6 Å². The van der Waals surface area contributed by atoms with Crippen LogP contribution in [0.25, 0.3) is 27.5 Å². The molecule has 0 saturated heterocycles. The first kappa shape index (κ1) is 14.2. The third-order valence-corrected chi connectivity index (χ3v) is 4.44. The molecule has 0 atom stereocenters. The summed E-state index contributed by atoms with van der Waals surface area (Å²) in [5.41, 5.74) is 5.13. The monoisotopic (exact) mass is 332 g/mol. The van der Waals surface area contributed by atoms with Gasteiger partial charge >= 0.3 is 0 Å². The molecule has 4 aromatic rings. The van der Waals surface area contributed by atoms with E-state index in [1.54, 1.807) is 6.33 Å². The number of ether oxygens (including phenoxy) is 1. The Kier molecular flexibility index (Phi) is 3.24. The lowest BCUT2D eigenvalue weighted by molar-refractivity contribution is 0.161. The van der Waals surface area contributed by atoms with Crippen LogP contribution in [-0.2, 0) is 4.74 Å². The summed E-state index contributed by atoms with van der Waals surface area (Å²) in [6, 6.07) is 8.15. The van der Waals surface area contributed by atoms with Crippen molar-refractivity contribution in [1.29, 1.82) is 0 Å². The molecule has 0 radical (unpaired) electrons. The highest BCUT2D eigenvalue weighted by molar-refractivity contribution is 5.93. The maximum atomic E-state index is 5.39. The average Bonchev–Trinajstić information content (AvgIpc) is 3.29. The number of hydrogen-bond acceptors (Lipinski definition) is 5. The van der Waals surface area contributed by atoms with Gasteiger partial charge in [-0.05, 0) is 36.3 Å². The smallest absolute Gasteiger partial charge is 0.143 e. The highest BCUT2D eigenvalue weighted by atomic mass is 16.5. The van der Waals surface area contributed by atoms with Gasteiger partial charge in [0.05, 0.1) is 30.3 Å². The van der Waals surface area contributed by atoms with Crippen molar-refractivity contribution in [1.82, 2.24) is 25.1 Å². The van der Waals surface area contributed by atoms with Crippen LogP contribution in [0, 0.1) is 0 Å². The van der Waals surface area contributed by atoms with E-state index in [0.29, 0.717) is 6.61 Å². The van der Waals surface area contributed by atoms with E-state index in [9.17, 15) is 0 Å². The van der Waals surface area contributed by atoms with Crippen LogP contribution in [-0.4, -0.2) is 38.4 Å². The molecule has 7 heteroatoms. The van der Waals surface area contributed by atoms with Gasteiger partial charge in [0, 0.05) is 16.8 Å². The number of anilines is 2. The number of H-pyrrole nitrogens is 2. The van der Waals surface area contributed by atoms with Gasteiger partial charge in [-0.15, -0.1) is 0 Å². The third kappa shape index (κ3) is 2.54. The van der Waals surface area contributed by atoms with Gasteiger partial charge in [0.25, 0.3) is 0 Å². The topological polar surface area (TPSA) is 91.5 Å². The molecular weight excluding hydrogens is 316 g/mol. The fourth-order valence-corrected chi connectivity index (χ4v) is 3.14. The van der Waals surface area contributed by atoms with Crippen LogP contribution in [0.3, 0.4) is 0 Å². The molecule has 25 heavy (non-hydrogen) atoms. The van der Waals surface area contributed by atoms with Gasteiger partial charge in [0.1, 0.15) is 17.8 Å². The van der Waals surface area contributed by atoms with Crippen molar-refractivity contribution in [3.05, 3.63) is 48.6 Å². The Balaban J connectivity index is 1.54. The van der Waals surface area contributed by atoms with Gasteiger partial charge < -0.3 is 15.0 Å². The predicted molar refractivity (Wildman–Crippen MR) is 96.7 cm³/mol. The number of hydrogen-bond donors (Lipinski definition) is 3. The SMILES string of the molecule is C1=C(c2cc3c(Nc4ccc5[nH]ncc5c4)ncnc3[nH]2)CCOC1. The van der Waals surface area contributed by atoms with E-state index in [4.69, 9.17) is 4.74 Å². The van der Waals surface area contributed by atoms with E-state index < -0.39 is 0 Å². The molecular formula is C18H16N6O. The molecule has 0 bridgehead atoms. The lowest BCUT2D eigenvalue weighted by Gasteiger charge is -2.11. The quantitative estimate of drug-likeness (QED) is 0.535. The van der Waals surface area contributed by atoms with Crippen LogP contribution in [0.5, 0.6) is 0 Å². The first-order valence-electron chi connectivity index (χ1n) is 8.18. The first-order valence-corrected chi connectivity index (χ1v) is 8.18. The summed E-state index contributed by atoms with van der Waals surface area (Å²) in [4.78, 5) is 12.2. The second-order valence-electron chi connectivity index (χ2n) is 6.02. The van der Waals surface area contributed by atoms with Crippen LogP contribution >= 0.6 is 0 Å². The van der Waals surface area contributed by atoms with E-state index in [1.165, 1.54) is 5.57 Å². The Morgan fingerprint density at radius 2 is 2.16 bits per heavy atom. The fraction of sp³-hybridized carbons (Fsp3) is 0.167. The molecule has 3 N–H and O–H groups in total. The molecule has 0 unspecified atom stereocenters. The van der Waals surface area contributed by atoms with Gasteiger partial charge in [-0.25, -0.2) is 9.97 Å². The maximum Gasteiger partial charge on any atom is 0.143 e. The average molecular weight is 332 g/mol. The molecule has 4 heterocycles. The Morgan fingerprint density at radius 1 is 1.16 bits per heavy atom. The zero-order valence-corrected chi connectivity index (χ0v) is 13.4. The number of fused-ring (bicyclic) bond motifs is 2. The van der Waals surface area contributed by atoms with Crippen LogP contribution in [0.1, 0.15) is 12.1 Å². The Morgan fingerprint density at radius 3 is 3.08 bits per heavy atom. The normalized spacial score (nSPS) is 14.8. The Labute approximate surface area is 143 Å². The highest BCUT2D eigenvalue weighted by Gasteiger charge is 2.13. The molecule has 124 valence electrons. The van der Waals surface area contributed by atoms with Crippen molar-refractivity contribution in [3.63, 3.8) is 0 Å². The lowest BCUT2D eigenvalue weighted by atomic mass is 10.1. The highest BCUT2D eigenvalue weighted by Crippen LogP contribution is 2.29. The molecule has 0 spiro atoms. The van der Waals surface area contributed by atoms with Crippen molar-refractivity contribution in [3.8, 4) is 0 Å². The molecule has 0 fully saturated rings. The van der Waals surface area contributed by atoms with Crippen molar-refractivity contribution in [2.45, 2.75) is 6.42 Å². The second-order valence-corrected chi connectivity index (χ2v) is 6.02. The molecule has 1 aliphatic rings. The first-order chi connectivity index (χ1) is 12.4. The Bertz CT molecular complexity index is 1090. The number of benzene rings is 1. The molecule has 1 aromatic carbocycles. The number of nitrogens with zero attached hydrogens (tertiary/aromatic N) is 3. The summed E-state index contributed by atoms with van der Waals surface area (Å²) < 4.78 is 5.39. The van der Waals surface area contributed by atoms with Crippen molar-refractivity contribution in [2.24, 2.45) is 0 Å². The van der Waals surface area contributed by atoms with E-state index in [-0.39, 0.29) is 0 Å². The van der Waals surface area contributed by atoms with E-state index in [0.717, 1.165) is 52.2 Å². The summed E-state index contributed by atoms with van der Waals surface area (Å²) in [5.74, 6) is 0.781. The standard InChI is InChI=1S/C18H16N6O/c1-2-15-12(9-21-24-15)7-13(1)22-17-14-8-16(11-3-5-25-6-4-11)23-18(14)20-10-19-17/h1-3,7-10H,4-6H2,(H,21,24)(H2,19,20,22,23). The van der Waals surface area contributed by atoms with E-state index >= 15 is 0 Å². The second kappa shape index (κ2) is 5.71. The number of rotatable bonds is 3. The summed E-state index contributed by atoms with van der Waals surface area (Å²) in [5, 5.41) is 12.4. The summed E-state index contributed by atoms with van der Waals surface area (Å²) in [6.07, 6.45) is 6.39. The summed E-state index contributed by atoms with van der Waals surface area (Å²) in [7, 11) is 0. The van der Waals surface area contributed by atoms with Gasteiger partial charge in [0.15, 0.2) is 0 Å². The van der Waals surface area contributed by atoms with Gasteiger partial charge in [-0.1, -0.05) is 6.08 Å². The molecule has 1 aliphatic heterocycles. The minimum atomic E-state index is 0.659. The number of aromatic amines is 2. The number of aromatic nitrogens is 5. The van der Waals surface area contributed by atoms with Crippen LogP contribution in [0.4, 0.5) is 11.5 Å². The minimum Gasteiger partial charge on any atom is -0.377 e. The van der Waals surface area contributed by atoms with Crippen molar-refractivity contribution >= 4 is 39.0 Å². The van der Waals surface area contributed by atoms with E-state index in [1.807, 2.05) is 24.4 Å². The Hall–Kier alpha value is -3.19. The molecule has 7 nitrogen and oxygen atoms in total. The minimum absolute atomic E-state index is 0.659.